The molecule has 124 valence electrons. The smallest absolute Gasteiger partial charge is 0.379 e. The molecule has 6 heteroatoms. The highest BCUT2D eigenvalue weighted by molar-refractivity contribution is 5.90. The molecule has 2 N–H and O–H groups in total. The van der Waals surface area contributed by atoms with Crippen molar-refractivity contribution in [1.29, 1.82) is 0 Å². The number of rotatable bonds is 6. The third kappa shape index (κ3) is 3.27. The summed E-state index contributed by atoms with van der Waals surface area (Å²) in [5.74, 6) is -5.25. The molecule has 23 heavy (non-hydrogen) atoms. The van der Waals surface area contributed by atoms with Gasteiger partial charge in [0, 0.05) is 5.56 Å². The minimum atomic E-state index is -3.86. The van der Waals surface area contributed by atoms with Crippen LogP contribution in [0.2, 0.25) is 0 Å². The summed E-state index contributed by atoms with van der Waals surface area (Å²) in [5.41, 5.74) is 5.87. The number of fused-ring (bicyclic) bond motifs is 1. The van der Waals surface area contributed by atoms with Gasteiger partial charge in [0.15, 0.2) is 0 Å². The maximum atomic E-state index is 14.4. The number of carbonyl (C=O) groups excluding carboxylic acids is 1. The second-order valence-corrected chi connectivity index (χ2v) is 4.95. The molecule has 0 radical (unpaired) electrons. The molecule has 0 heterocycles. The molecule has 0 amide bonds. The van der Waals surface area contributed by atoms with Gasteiger partial charge in [-0.25, -0.2) is 4.79 Å². The average Bonchev–Trinajstić information content (AvgIpc) is 2.54. The zero-order valence-corrected chi connectivity index (χ0v) is 13.0. The Morgan fingerprint density at radius 2 is 1.87 bits per heavy atom. The first kappa shape index (κ1) is 17.1. The Morgan fingerprint density at radius 1 is 1.17 bits per heavy atom. The van der Waals surface area contributed by atoms with Gasteiger partial charge in [0.25, 0.3) is 0 Å². The average molecular weight is 323 g/mol. The van der Waals surface area contributed by atoms with Crippen molar-refractivity contribution in [1.82, 2.24) is 0 Å². The fraction of sp³-hybridized carbons (Fsp3) is 0.353. The largest absolute Gasteiger partial charge is 0.494 e. The van der Waals surface area contributed by atoms with Crippen LogP contribution in [0, 0.1) is 0 Å². The molecular formula is C17H19F2NO3. The molecule has 4 nitrogen and oxygen atoms in total. The Kier molecular flexibility index (Phi) is 5.15. The number of carbonyl (C=O) groups is 1. The maximum absolute atomic E-state index is 14.4. The predicted molar refractivity (Wildman–Crippen MR) is 83.6 cm³/mol. The number of nitrogens with two attached hydrogens (primary N) is 1. The standard InChI is InChI=1S/C17H19F2NO3/c1-3-22-13-10-9-11-7-5-6-8-12(11)14(13)15(20)17(18,19)16(21)23-4-2/h5-10,15H,3-4,20H2,1-2H3/t15-/m1/s1. The van der Waals surface area contributed by atoms with Crippen molar-refractivity contribution in [2.75, 3.05) is 13.2 Å². The van der Waals surface area contributed by atoms with Crippen molar-refractivity contribution in [3.63, 3.8) is 0 Å². The Bertz CT molecular complexity index is 703. The van der Waals surface area contributed by atoms with Crippen molar-refractivity contribution in [3.8, 4) is 5.75 Å². The first-order valence-electron chi connectivity index (χ1n) is 7.38. The molecule has 0 aliphatic heterocycles. The molecule has 0 unspecified atom stereocenters. The van der Waals surface area contributed by atoms with Gasteiger partial charge in [0.2, 0.25) is 0 Å². The molecule has 0 aromatic heterocycles. The number of hydrogen-bond acceptors (Lipinski definition) is 4. The third-order valence-corrected chi connectivity index (χ3v) is 3.48. The van der Waals surface area contributed by atoms with E-state index in [-0.39, 0.29) is 17.9 Å². The van der Waals surface area contributed by atoms with Crippen LogP contribution >= 0.6 is 0 Å². The number of benzene rings is 2. The minimum Gasteiger partial charge on any atom is -0.494 e. The van der Waals surface area contributed by atoms with E-state index in [9.17, 15) is 13.6 Å². The summed E-state index contributed by atoms with van der Waals surface area (Å²) in [4.78, 5) is 11.6. The summed E-state index contributed by atoms with van der Waals surface area (Å²) in [6.45, 7) is 3.36. The van der Waals surface area contributed by atoms with Gasteiger partial charge in [-0.15, -0.1) is 0 Å². The van der Waals surface area contributed by atoms with Gasteiger partial charge < -0.3 is 15.2 Å². The van der Waals surface area contributed by atoms with Crippen LogP contribution in [0.3, 0.4) is 0 Å². The zero-order chi connectivity index (χ0) is 17.0. The molecule has 0 aliphatic carbocycles. The van der Waals surface area contributed by atoms with E-state index in [1.807, 2.05) is 0 Å². The lowest BCUT2D eigenvalue weighted by Gasteiger charge is -2.25. The van der Waals surface area contributed by atoms with Crippen molar-refractivity contribution in [2.45, 2.75) is 25.8 Å². The highest BCUT2D eigenvalue weighted by Crippen LogP contribution is 2.39. The first-order valence-corrected chi connectivity index (χ1v) is 7.38. The van der Waals surface area contributed by atoms with Crippen LogP contribution in [0.1, 0.15) is 25.5 Å². The fourth-order valence-corrected chi connectivity index (χ4v) is 2.41. The topological polar surface area (TPSA) is 61.5 Å². The van der Waals surface area contributed by atoms with Crippen LogP contribution in [0.5, 0.6) is 5.75 Å². The summed E-state index contributed by atoms with van der Waals surface area (Å²) < 4.78 is 38.6. The SMILES string of the molecule is CCOC(=O)C(F)(F)[C@H](N)c1c(OCC)ccc2ccccc12. The Labute approximate surface area is 133 Å². The van der Waals surface area contributed by atoms with E-state index >= 15 is 0 Å². The maximum Gasteiger partial charge on any atom is 0.379 e. The number of ether oxygens (including phenoxy) is 2. The van der Waals surface area contributed by atoms with Crippen molar-refractivity contribution < 1.29 is 23.0 Å². The number of hydrogen-bond donors (Lipinski definition) is 1. The van der Waals surface area contributed by atoms with Crippen LogP contribution < -0.4 is 10.5 Å². The van der Waals surface area contributed by atoms with Crippen LogP contribution in [0.25, 0.3) is 10.8 Å². The van der Waals surface area contributed by atoms with Gasteiger partial charge in [-0.2, -0.15) is 8.78 Å². The van der Waals surface area contributed by atoms with Crippen LogP contribution in [-0.2, 0) is 9.53 Å². The number of esters is 1. The van der Waals surface area contributed by atoms with E-state index in [4.69, 9.17) is 10.5 Å². The monoisotopic (exact) mass is 323 g/mol. The molecule has 0 spiro atoms. The third-order valence-electron chi connectivity index (χ3n) is 3.48. The summed E-state index contributed by atoms with van der Waals surface area (Å²) in [5, 5.41) is 1.26. The molecule has 2 aromatic carbocycles. The van der Waals surface area contributed by atoms with E-state index in [1.54, 1.807) is 43.3 Å². The molecule has 2 rings (SSSR count). The molecule has 2 aromatic rings. The first-order chi connectivity index (χ1) is 10.9. The Balaban J connectivity index is 2.59. The van der Waals surface area contributed by atoms with Gasteiger partial charge >= 0.3 is 11.9 Å². The van der Waals surface area contributed by atoms with Gasteiger partial charge in [-0.05, 0) is 30.7 Å². The normalized spacial score (nSPS) is 12.9. The lowest BCUT2D eigenvalue weighted by atomic mass is 9.94. The van der Waals surface area contributed by atoms with Crippen LogP contribution in [-0.4, -0.2) is 25.1 Å². The van der Waals surface area contributed by atoms with Gasteiger partial charge in [-0.1, -0.05) is 30.3 Å². The molecular weight excluding hydrogens is 304 g/mol. The fourth-order valence-electron chi connectivity index (χ4n) is 2.41. The molecule has 1 atom stereocenters. The Morgan fingerprint density at radius 3 is 2.52 bits per heavy atom. The van der Waals surface area contributed by atoms with Gasteiger partial charge in [0.05, 0.1) is 13.2 Å². The summed E-state index contributed by atoms with van der Waals surface area (Å²) >= 11 is 0. The minimum absolute atomic E-state index is 0.100. The highest BCUT2D eigenvalue weighted by atomic mass is 19.3. The van der Waals surface area contributed by atoms with E-state index in [0.717, 1.165) is 5.39 Å². The lowest BCUT2D eigenvalue weighted by Crippen LogP contribution is -2.42. The van der Waals surface area contributed by atoms with Gasteiger partial charge in [0.1, 0.15) is 11.8 Å². The molecule has 0 fully saturated rings. The quantitative estimate of drug-likeness (QED) is 0.827. The molecule has 0 bridgehead atoms. The van der Waals surface area contributed by atoms with Gasteiger partial charge in [-0.3, -0.25) is 0 Å². The van der Waals surface area contributed by atoms with E-state index in [1.165, 1.54) is 6.92 Å². The zero-order valence-electron chi connectivity index (χ0n) is 13.0. The van der Waals surface area contributed by atoms with Crippen molar-refractivity contribution in [3.05, 3.63) is 42.0 Å². The molecule has 0 aliphatic rings. The van der Waals surface area contributed by atoms with E-state index in [0.29, 0.717) is 12.0 Å². The van der Waals surface area contributed by atoms with Crippen LogP contribution in [0.15, 0.2) is 36.4 Å². The highest BCUT2D eigenvalue weighted by Gasteiger charge is 2.49. The van der Waals surface area contributed by atoms with E-state index < -0.39 is 17.9 Å². The molecule has 0 saturated heterocycles. The second-order valence-electron chi connectivity index (χ2n) is 4.95. The summed E-state index contributed by atoms with van der Waals surface area (Å²) in [6, 6.07) is 8.45. The van der Waals surface area contributed by atoms with Crippen molar-refractivity contribution >= 4 is 16.7 Å². The Hall–Kier alpha value is -2.21. The van der Waals surface area contributed by atoms with Crippen LogP contribution in [0.4, 0.5) is 8.78 Å². The number of halogens is 2. The second kappa shape index (κ2) is 6.91. The number of alkyl halides is 2. The van der Waals surface area contributed by atoms with Crippen molar-refractivity contribution in [2.24, 2.45) is 5.73 Å². The molecule has 0 saturated carbocycles. The lowest BCUT2D eigenvalue weighted by molar-refractivity contribution is -0.174. The van der Waals surface area contributed by atoms with E-state index in [2.05, 4.69) is 4.74 Å². The predicted octanol–water partition coefficient (Wildman–Crippen LogP) is 3.44. The summed E-state index contributed by atoms with van der Waals surface area (Å²) in [6.07, 6.45) is 0. The summed E-state index contributed by atoms with van der Waals surface area (Å²) in [7, 11) is 0.